The van der Waals surface area contributed by atoms with Crippen LogP contribution in [0.5, 0.6) is 0 Å². The van der Waals surface area contributed by atoms with Crippen molar-refractivity contribution in [1.82, 2.24) is 9.73 Å². The van der Waals surface area contributed by atoms with Crippen LogP contribution in [0, 0.1) is 0 Å². The van der Waals surface area contributed by atoms with E-state index in [4.69, 9.17) is 0 Å². The molecule has 0 unspecified atom stereocenters. The van der Waals surface area contributed by atoms with Crippen LogP contribution in [0.3, 0.4) is 0 Å². The summed E-state index contributed by atoms with van der Waals surface area (Å²) in [4.78, 5) is 12.8. The molecule has 6 nitrogen and oxygen atoms in total. The average Bonchev–Trinajstić information content (AvgIpc) is 2.78. The fourth-order valence-corrected chi connectivity index (χ4v) is 5.52. The number of sulfonamides is 1. The highest BCUT2D eigenvalue weighted by Gasteiger charge is 2.26. The fraction of sp³-hybridized carbons (Fsp3) is 0.364. The SMILES string of the molecule is O=C(NN=C1CCCc2ccccc21)c1cccc(S(=O)(=O)N2CCCCC2)c1. The van der Waals surface area contributed by atoms with Crippen LogP contribution in [0.15, 0.2) is 58.5 Å². The van der Waals surface area contributed by atoms with Gasteiger partial charge in [-0.3, -0.25) is 4.79 Å². The van der Waals surface area contributed by atoms with Crippen molar-refractivity contribution in [3.05, 3.63) is 65.2 Å². The highest BCUT2D eigenvalue weighted by atomic mass is 32.2. The summed E-state index contributed by atoms with van der Waals surface area (Å²) in [6, 6.07) is 14.3. The topological polar surface area (TPSA) is 78.8 Å². The van der Waals surface area contributed by atoms with Crippen LogP contribution < -0.4 is 5.43 Å². The number of hydrogen-bond donors (Lipinski definition) is 1. The first kappa shape index (κ1) is 19.8. The van der Waals surface area contributed by atoms with E-state index < -0.39 is 15.9 Å². The predicted molar refractivity (Wildman–Crippen MR) is 112 cm³/mol. The largest absolute Gasteiger partial charge is 0.271 e. The Balaban J connectivity index is 1.53. The number of carbonyl (C=O) groups is 1. The molecule has 0 saturated carbocycles. The molecule has 0 bridgehead atoms. The third kappa shape index (κ3) is 4.26. The number of nitrogens with zero attached hydrogens (tertiary/aromatic N) is 2. The van der Waals surface area contributed by atoms with Crippen molar-refractivity contribution in [3.8, 4) is 0 Å². The van der Waals surface area contributed by atoms with Crippen molar-refractivity contribution < 1.29 is 13.2 Å². The van der Waals surface area contributed by atoms with E-state index in [2.05, 4.69) is 16.6 Å². The molecule has 2 aromatic rings. The maximum absolute atomic E-state index is 12.9. The summed E-state index contributed by atoms with van der Waals surface area (Å²) >= 11 is 0. The summed E-state index contributed by atoms with van der Waals surface area (Å²) in [7, 11) is -3.58. The van der Waals surface area contributed by atoms with Gasteiger partial charge in [0.1, 0.15) is 0 Å². The predicted octanol–water partition coefficient (Wildman–Crippen LogP) is 3.33. The Bertz CT molecular complexity index is 1040. The summed E-state index contributed by atoms with van der Waals surface area (Å²) < 4.78 is 27.2. The highest BCUT2D eigenvalue weighted by molar-refractivity contribution is 7.89. The molecule has 1 saturated heterocycles. The van der Waals surface area contributed by atoms with Gasteiger partial charge in [-0.1, -0.05) is 36.8 Å². The number of fused-ring (bicyclic) bond motifs is 1. The standard InChI is InChI=1S/C22H25N3O3S/c26-22(24-23-21-13-7-9-17-8-2-3-12-20(17)21)18-10-6-11-19(16-18)29(27,28)25-14-4-1-5-15-25/h2-3,6,8,10-12,16H,1,4-5,7,9,13-15H2,(H,24,26). The van der Waals surface area contributed by atoms with E-state index in [1.54, 1.807) is 18.2 Å². The molecule has 2 aromatic carbocycles. The molecule has 7 heteroatoms. The van der Waals surface area contributed by atoms with Crippen LogP contribution in [-0.2, 0) is 16.4 Å². The van der Waals surface area contributed by atoms with Crippen molar-refractivity contribution in [1.29, 1.82) is 0 Å². The highest BCUT2D eigenvalue weighted by Crippen LogP contribution is 2.22. The Morgan fingerprint density at radius 2 is 1.72 bits per heavy atom. The lowest BCUT2D eigenvalue weighted by Gasteiger charge is -2.26. The van der Waals surface area contributed by atoms with E-state index in [1.165, 1.54) is 15.9 Å². The second kappa shape index (κ2) is 8.47. The zero-order valence-electron chi connectivity index (χ0n) is 16.3. The number of hydrazone groups is 1. The Kier molecular flexibility index (Phi) is 5.78. The van der Waals surface area contributed by atoms with Crippen molar-refractivity contribution >= 4 is 21.6 Å². The number of piperidine rings is 1. The first-order chi connectivity index (χ1) is 14.1. The van der Waals surface area contributed by atoms with E-state index >= 15 is 0 Å². The second-order valence-corrected chi connectivity index (χ2v) is 9.44. The number of carbonyl (C=O) groups excluding carboxylic acids is 1. The summed E-state index contributed by atoms with van der Waals surface area (Å²) in [6.45, 7) is 1.07. The van der Waals surface area contributed by atoms with Gasteiger partial charge in [-0.2, -0.15) is 9.41 Å². The molecule has 1 aliphatic heterocycles. The lowest BCUT2D eigenvalue weighted by molar-refractivity contribution is 0.0954. The number of aryl methyl sites for hydroxylation is 1. The number of nitrogens with one attached hydrogen (secondary N) is 1. The molecular formula is C22H25N3O3S. The maximum Gasteiger partial charge on any atom is 0.271 e. The van der Waals surface area contributed by atoms with Gasteiger partial charge >= 0.3 is 0 Å². The Morgan fingerprint density at radius 3 is 2.55 bits per heavy atom. The monoisotopic (exact) mass is 411 g/mol. The molecular weight excluding hydrogens is 386 g/mol. The van der Waals surface area contributed by atoms with E-state index in [1.807, 2.05) is 18.2 Å². The van der Waals surface area contributed by atoms with E-state index in [0.717, 1.165) is 49.8 Å². The molecule has 29 heavy (non-hydrogen) atoms. The average molecular weight is 412 g/mol. The van der Waals surface area contributed by atoms with Crippen LogP contribution in [0.1, 0.15) is 53.6 Å². The molecule has 0 aromatic heterocycles. The van der Waals surface area contributed by atoms with Crippen molar-refractivity contribution in [2.75, 3.05) is 13.1 Å². The molecule has 4 rings (SSSR count). The van der Waals surface area contributed by atoms with Crippen molar-refractivity contribution in [3.63, 3.8) is 0 Å². The normalized spacial score (nSPS) is 19.0. The van der Waals surface area contributed by atoms with Crippen LogP contribution in [0.25, 0.3) is 0 Å². The quantitative estimate of drug-likeness (QED) is 0.784. The van der Waals surface area contributed by atoms with Gasteiger partial charge < -0.3 is 0 Å². The van der Waals surface area contributed by atoms with Gasteiger partial charge in [-0.15, -0.1) is 0 Å². The third-order valence-corrected chi connectivity index (χ3v) is 7.42. The zero-order valence-corrected chi connectivity index (χ0v) is 17.1. The van der Waals surface area contributed by atoms with Gasteiger partial charge in [-0.05, 0) is 55.9 Å². The maximum atomic E-state index is 12.9. The number of hydrogen-bond acceptors (Lipinski definition) is 4. The van der Waals surface area contributed by atoms with Crippen LogP contribution >= 0.6 is 0 Å². The van der Waals surface area contributed by atoms with Gasteiger partial charge in [0.05, 0.1) is 10.6 Å². The fourth-order valence-electron chi connectivity index (χ4n) is 3.95. The molecule has 1 fully saturated rings. The van der Waals surface area contributed by atoms with Crippen molar-refractivity contribution in [2.24, 2.45) is 5.10 Å². The number of benzene rings is 2. The lowest BCUT2D eigenvalue weighted by Crippen LogP contribution is -2.35. The summed E-state index contributed by atoms with van der Waals surface area (Å²) in [5.41, 5.74) is 6.06. The Morgan fingerprint density at radius 1 is 0.931 bits per heavy atom. The molecule has 0 radical (unpaired) electrons. The van der Waals surface area contributed by atoms with Crippen LogP contribution in [0.4, 0.5) is 0 Å². The second-order valence-electron chi connectivity index (χ2n) is 7.50. The van der Waals surface area contributed by atoms with E-state index in [9.17, 15) is 13.2 Å². The van der Waals surface area contributed by atoms with Gasteiger partial charge in [-0.25, -0.2) is 13.8 Å². The van der Waals surface area contributed by atoms with E-state index in [-0.39, 0.29) is 10.5 Å². The zero-order chi connectivity index (χ0) is 20.3. The van der Waals surface area contributed by atoms with Crippen LogP contribution in [0.2, 0.25) is 0 Å². The van der Waals surface area contributed by atoms with Gasteiger partial charge in [0, 0.05) is 24.2 Å². The van der Waals surface area contributed by atoms with Crippen molar-refractivity contribution in [2.45, 2.75) is 43.4 Å². The van der Waals surface area contributed by atoms with Crippen LogP contribution in [-0.4, -0.2) is 37.4 Å². The summed E-state index contributed by atoms with van der Waals surface area (Å²) in [6.07, 6.45) is 5.62. The number of amides is 1. The molecule has 1 aliphatic carbocycles. The minimum Gasteiger partial charge on any atom is -0.267 e. The molecule has 152 valence electrons. The van der Waals surface area contributed by atoms with E-state index in [0.29, 0.717) is 13.1 Å². The Labute approximate surface area is 171 Å². The third-order valence-electron chi connectivity index (χ3n) is 5.53. The first-order valence-corrected chi connectivity index (χ1v) is 11.5. The number of rotatable bonds is 4. The minimum absolute atomic E-state index is 0.155. The first-order valence-electron chi connectivity index (χ1n) is 10.1. The summed E-state index contributed by atoms with van der Waals surface area (Å²) in [5.74, 6) is -0.406. The molecule has 2 aliphatic rings. The Hall–Kier alpha value is -2.51. The lowest BCUT2D eigenvalue weighted by atomic mass is 9.90. The molecule has 1 amide bonds. The minimum atomic E-state index is -3.58. The van der Waals surface area contributed by atoms with Gasteiger partial charge in [0.15, 0.2) is 0 Å². The molecule has 0 atom stereocenters. The molecule has 1 heterocycles. The molecule has 1 N–H and O–H groups in total. The summed E-state index contributed by atoms with van der Waals surface area (Å²) in [5, 5.41) is 4.34. The molecule has 0 spiro atoms. The van der Waals surface area contributed by atoms with Gasteiger partial charge in [0.25, 0.3) is 5.91 Å². The smallest absolute Gasteiger partial charge is 0.267 e. The van der Waals surface area contributed by atoms with Gasteiger partial charge in [0.2, 0.25) is 10.0 Å².